The second-order valence-electron chi connectivity index (χ2n) is 4.23. The van der Waals surface area contributed by atoms with Crippen molar-refractivity contribution in [2.45, 2.75) is 19.1 Å². The zero-order chi connectivity index (χ0) is 13.4. The van der Waals surface area contributed by atoms with Crippen LogP contribution >= 0.6 is 0 Å². The Balaban J connectivity index is 0.00000180. The molecule has 0 aromatic rings. The first kappa shape index (κ1) is 16.5. The van der Waals surface area contributed by atoms with Gasteiger partial charge in [-0.1, -0.05) is 6.58 Å². The summed E-state index contributed by atoms with van der Waals surface area (Å²) in [6.45, 7) is 4.68. The maximum Gasteiger partial charge on any atom is 0.253 e. The molecule has 0 aromatic heterocycles. The van der Waals surface area contributed by atoms with Crippen molar-refractivity contribution in [3.05, 3.63) is 42.0 Å². The van der Waals surface area contributed by atoms with Crippen LogP contribution in [0.2, 0.25) is 0 Å². The first-order chi connectivity index (χ1) is 8.45. The average molecular weight is 342 g/mol. The SMILES string of the molecule is C=C1NC(=O)C(C)=CN1C1[CH-][C@H](O)C(CO)=C1F.[Y]. The molecule has 1 aliphatic heterocycles. The van der Waals surface area contributed by atoms with Crippen molar-refractivity contribution in [3.63, 3.8) is 0 Å². The van der Waals surface area contributed by atoms with Gasteiger partial charge in [-0.3, -0.25) is 11.2 Å². The summed E-state index contributed by atoms with van der Waals surface area (Å²) < 4.78 is 14.0. The van der Waals surface area contributed by atoms with E-state index in [0.717, 1.165) is 0 Å². The van der Waals surface area contributed by atoms with Crippen molar-refractivity contribution >= 4 is 5.91 Å². The summed E-state index contributed by atoms with van der Waals surface area (Å²) in [6, 6.07) is -0.856. The molecule has 101 valence electrons. The number of aliphatic hydroxyl groups is 2. The Morgan fingerprint density at radius 3 is 2.79 bits per heavy atom. The summed E-state index contributed by atoms with van der Waals surface area (Å²) in [4.78, 5) is 12.8. The second kappa shape index (κ2) is 6.26. The molecule has 1 heterocycles. The number of halogens is 1. The standard InChI is InChI=1S/C12H14FN2O3.Y/c1-6-4-15(7(2)14-12(6)18)9-3-10(17)8(5-16)11(9)13;/h3-4,9-10,16-17H,2,5H2,1H3,(H,14,18);/q-1;/t9?,10-;/m0./s1. The number of rotatable bonds is 2. The fraction of sp³-hybridized carbons (Fsp3) is 0.333. The fourth-order valence-electron chi connectivity index (χ4n) is 1.98. The van der Waals surface area contributed by atoms with Crippen LogP contribution in [0.3, 0.4) is 0 Å². The zero-order valence-electron chi connectivity index (χ0n) is 10.4. The van der Waals surface area contributed by atoms with Crippen molar-refractivity contribution in [2.24, 2.45) is 0 Å². The predicted molar refractivity (Wildman–Crippen MR) is 62.2 cm³/mol. The molecular weight excluding hydrogens is 328 g/mol. The van der Waals surface area contributed by atoms with Gasteiger partial charge in [-0.05, 0) is 24.6 Å². The monoisotopic (exact) mass is 342 g/mol. The van der Waals surface area contributed by atoms with Crippen LogP contribution in [-0.4, -0.2) is 39.8 Å². The number of hydrogen-bond donors (Lipinski definition) is 3. The normalized spacial score (nSPS) is 27.2. The summed E-state index contributed by atoms with van der Waals surface area (Å²) in [7, 11) is 0. The van der Waals surface area contributed by atoms with Crippen LogP contribution in [0.5, 0.6) is 0 Å². The number of aliphatic hydroxyl groups excluding tert-OH is 2. The molecule has 1 aliphatic carbocycles. The maximum absolute atomic E-state index is 14.0. The van der Waals surface area contributed by atoms with E-state index >= 15 is 0 Å². The third-order valence-corrected chi connectivity index (χ3v) is 3.02. The zero-order valence-corrected chi connectivity index (χ0v) is 13.3. The van der Waals surface area contributed by atoms with Crippen LogP contribution in [0.4, 0.5) is 4.39 Å². The molecule has 0 aromatic carbocycles. The molecule has 1 radical (unpaired) electrons. The van der Waals surface area contributed by atoms with E-state index in [1.54, 1.807) is 6.92 Å². The van der Waals surface area contributed by atoms with Crippen LogP contribution in [0.15, 0.2) is 35.6 Å². The van der Waals surface area contributed by atoms with Crippen LogP contribution in [0.25, 0.3) is 0 Å². The van der Waals surface area contributed by atoms with Gasteiger partial charge in [-0.25, -0.2) is 4.39 Å². The molecule has 0 bridgehead atoms. The Labute approximate surface area is 135 Å². The van der Waals surface area contributed by atoms with E-state index in [1.165, 1.54) is 17.5 Å². The van der Waals surface area contributed by atoms with E-state index in [-0.39, 0.29) is 50.0 Å². The van der Waals surface area contributed by atoms with Gasteiger partial charge in [0.25, 0.3) is 5.91 Å². The van der Waals surface area contributed by atoms with E-state index in [9.17, 15) is 14.3 Å². The minimum absolute atomic E-state index is 0. The largest absolute Gasteiger partial charge is 0.421 e. The van der Waals surface area contributed by atoms with E-state index in [0.29, 0.717) is 5.57 Å². The smallest absolute Gasteiger partial charge is 0.253 e. The van der Waals surface area contributed by atoms with Crippen LogP contribution in [0, 0.1) is 6.42 Å². The summed E-state index contributed by atoms with van der Waals surface area (Å²) >= 11 is 0. The number of carbonyl (C=O) groups is 1. The minimum atomic E-state index is -1.13. The van der Waals surface area contributed by atoms with E-state index < -0.39 is 24.6 Å². The Morgan fingerprint density at radius 1 is 1.63 bits per heavy atom. The van der Waals surface area contributed by atoms with Crippen molar-refractivity contribution in [1.82, 2.24) is 10.2 Å². The fourth-order valence-corrected chi connectivity index (χ4v) is 1.98. The van der Waals surface area contributed by atoms with Gasteiger partial charge in [0, 0.05) is 44.5 Å². The third-order valence-electron chi connectivity index (χ3n) is 3.02. The van der Waals surface area contributed by atoms with Crippen molar-refractivity contribution < 1.29 is 52.1 Å². The van der Waals surface area contributed by atoms with Gasteiger partial charge in [-0.15, -0.1) is 0 Å². The van der Waals surface area contributed by atoms with Gasteiger partial charge >= 0.3 is 0 Å². The van der Waals surface area contributed by atoms with E-state index in [1.807, 2.05) is 0 Å². The van der Waals surface area contributed by atoms with Crippen LogP contribution < -0.4 is 5.32 Å². The van der Waals surface area contributed by atoms with Gasteiger partial charge in [0.2, 0.25) is 0 Å². The van der Waals surface area contributed by atoms with E-state index in [2.05, 4.69) is 11.9 Å². The minimum Gasteiger partial charge on any atom is -0.421 e. The van der Waals surface area contributed by atoms with Gasteiger partial charge in [0.1, 0.15) is 5.82 Å². The average Bonchev–Trinajstić information content (AvgIpc) is 2.59. The van der Waals surface area contributed by atoms with Gasteiger partial charge in [0.15, 0.2) is 0 Å². The summed E-state index contributed by atoms with van der Waals surface area (Å²) in [5.41, 5.74) is 0.353. The van der Waals surface area contributed by atoms with Gasteiger partial charge in [0.05, 0.1) is 12.4 Å². The first-order valence-electron chi connectivity index (χ1n) is 5.45. The molecular formula is C12H14FN2O3Y-. The van der Waals surface area contributed by atoms with Crippen LogP contribution in [-0.2, 0) is 37.5 Å². The molecule has 0 saturated heterocycles. The molecule has 7 heteroatoms. The van der Waals surface area contributed by atoms with Crippen LogP contribution in [0.1, 0.15) is 6.92 Å². The number of hydrogen-bond acceptors (Lipinski definition) is 4. The number of nitrogens with one attached hydrogen (secondary N) is 1. The topological polar surface area (TPSA) is 72.8 Å². The number of amides is 1. The summed E-state index contributed by atoms with van der Waals surface area (Å²) in [5, 5.41) is 21.1. The molecule has 1 amide bonds. The Bertz CT molecular complexity index is 476. The third kappa shape index (κ3) is 2.97. The summed E-state index contributed by atoms with van der Waals surface area (Å²) in [5.74, 6) is -0.679. The predicted octanol–water partition coefficient (Wildman–Crippen LogP) is -0.0460. The number of carbonyl (C=O) groups excluding carboxylic acids is 1. The molecule has 3 N–H and O–H groups in total. The summed E-state index contributed by atoms with van der Waals surface area (Å²) in [6.07, 6.45) is 1.68. The van der Waals surface area contributed by atoms with Crippen molar-refractivity contribution in [2.75, 3.05) is 6.61 Å². The number of nitrogens with zero attached hydrogens (tertiary/aromatic N) is 1. The quantitative estimate of drug-likeness (QED) is 0.616. The Morgan fingerprint density at radius 2 is 2.26 bits per heavy atom. The molecule has 2 aliphatic rings. The Kier molecular flexibility index (Phi) is 5.44. The molecule has 1 unspecified atom stereocenters. The Hall–Kier alpha value is -0.556. The molecule has 2 rings (SSSR count). The van der Waals surface area contributed by atoms with Crippen molar-refractivity contribution in [3.8, 4) is 0 Å². The van der Waals surface area contributed by atoms with Gasteiger partial charge < -0.3 is 20.4 Å². The molecule has 5 nitrogen and oxygen atoms in total. The second-order valence-corrected chi connectivity index (χ2v) is 4.23. The van der Waals surface area contributed by atoms with E-state index in [4.69, 9.17) is 5.11 Å². The maximum atomic E-state index is 14.0. The molecule has 19 heavy (non-hydrogen) atoms. The molecule has 2 atom stereocenters. The molecule has 0 saturated carbocycles. The van der Waals surface area contributed by atoms with Gasteiger partial charge in [-0.2, -0.15) is 0 Å². The van der Waals surface area contributed by atoms with Crippen molar-refractivity contribution in [1.29, 1.82) is 0 Å². The molecule has 0 spiro atoms. The first-order valence-corrected chi connectivity index (χ1v) is 5.45. The molecule has 0 fully saturated rings.